The minimum absolute atomic E-state index is 0.0165. The molecular formula is C35H53BN6O6. The van der Waals surface area contributed by atoms with E-state index in [1.54, 1.807) is 4.90 Å². The topological polar surface area (TPSA) is 200 Å². The number of carbonyl (C=O) groups excluding carboxylic acids is 4. The first-order chi connectivity index (χ1) is 23.0. The van der Waals surface area contributed by atoms with Gasteiger partial charge in [0.15, 0.2) is 0 Å². The maximum Gasteiger partial charge on any atom is 0.456 e. The highest BCUT2D eigenvalue weighted by Gasteiger charge is 2.36. The van der Waals surface area contributed by atoms with E-state index >= 15 is 0 Å². The van der Waals surface area contributed by atoms with Crippen molar-refractivity contribution in [1.29, 1.82) is 0 Å². The van der Waals surface area contributed by atoms with Gasteiger partial charge in [-0.1, -0.05) is 74.5 Å². The molecule has 0 saturated carbocycles. The van der Waals surface area contributed by atoms with Gasteiger partial charge in [0.2, 0.25) is 23.6 Å². The van der Waals surface area contributed by atoms with E-state index in [0.717, 1.165) is 11.1 Å². The molecule has 9 N–H and O–H groups in total. The molecule has 13 heteroatoms. The van der Waals surface area contributed by atoms with Crippen molar-refractivity contribution >= 4 is 30.7 Å². The molecule has 48 heavy (non-hydrogen) atoms. The lowest BCUT2D eigenvalue weighted by molar-refractivity contribution is -0.138. The van der Waals surface area contributed by atoms with Gasteiger partial charge < -0.3 is 42.4 Å². The lowest BCUT2D eigenvalue weighted by Gasteiger charge is -2.35. The van der Waals surface area contributed by atoms with Crippen LogP contribution in [-0.2, 0) is 32.0 Å². The first-order valence-electron chi connectivity index (χ1n) is 17.1. The maximum absolute atomic E-state index is 13.9. The Morgan fingerprint density at radius 1 is 0.833 bits per heavy atom. The van der Waals surface area contributed by atoms with Gasteiger partial charge >= 0.3 is 7.12 Å². The van der Waals surface area contributed by atoms with Crippen molar-refractivity contribution in [2.24, 2.45) is 17.4 Å². The first-order valence-corrected chi connectivity index (χ1v) is 17.1. The van der Waals surface area contributed by atoms with Crippen molar-refractivity contribution < 1.29 is 29.2 Å². The Bertz CT molecular complexity index is 1300. The minimum Gasteiger partial charge on any atom is -0.427 e. The second-order valence-electron chi connectivity index (χ2n) is 13.2. The number of hydrogen-bond acceptors (Lipinski definition) is 8. The number of nitrogens with one attached hydrogen (secondary N) is 3. The molecule has 2 aromatic rings. The molecule has 12 nitrogen and oxygen atoms in total. The van der Waals surface area contributed by atoms with Crippen molar-refractivity contribution in [3.63, 3.8) is 0 Å². The average Bonchev–Trinajstić information content (AvgIpc) is 3.07. The molecule has 1 aliphatic heterocycles. The fourth-order valence-electron chi connectivity index (χ4n) is 5.97. The summed E-state index contributed by atoms with van der Waals surface area (Å²) in [5.74, 6) is -2.29. The molecule has 2 aromatic carbocycles. The van der Waals surface area contributed by atoms with Crippen LogP contribution in [0.2, 0.25) is 5.82 Å². The molecule has 0 aromatic heterocycles. The minimum atomic E-state index is -1.53. The van der Waals surface area contributed by atoms with E-state index in [-0.39, 0.29) is 24.8 Å². The number of amides is 4. The van der Waals surface area contributed by atoms with E-state index in [0.29, 0.717) is 58.0 Å². The standard InChI is InChI=1S/C35H53BN6O6/c1-24(2)20-30(33(44)39-29(17-9-10-18-37)35(46)42-19-11-16-27(23-42)36(47)48)41-34(45)31(22-26-14-7-4-8-15-26)40-32(43)28(38)21-25-12-5-3-6-13-25/h3-8,12-15,24,27-31,47-48H,9-11,16-23,37-38H2,1-2H3,(H,39,44)(H,40,43)(H,41,45)/t27?,28-,29-,30-,31-/m1/s1. The van der Waals surface area contributed by atoms with E-state index in [1.807, 2.05) is 74.5 Å². The van der Waals surface area contributed by atoms with Crippen molar-refractivity contribution in [2.75, 3.05) is 19.6 Å². The zero-order valence-electron chi connectivity index (χ0n) is 28.2. The summed E-state index contributed by atoms with van der Waals surface area (Å²) in [5, 5.41) is 28.0. The summed E-state index contributed by atoms with van der Waals surface area (Å²) in [7, 11) is -1.53. The Hall–Kier alpha value is -3.78. The van der Waals surface area contributed by atoms with Gasteiger partial charge in [-0.2, -0.15) is 0 Å². The summed E-state index contributed by atoms with van der Waals surface area (Å²) in [6, 6.07) is 14.9. The lowest BCUT2D eigenvalue weighted by atomic mass is 9.68. The van der Waals surface area contributed by atoms with Gasteiger partial charge in [0.25, 0.3) is 0 Å². The molecule has 1 saturated heterocycles. The molecule has 1 unspecified atom stereocenters. The van der Waals surface area contributed by atoms with Crippen molar-refractivity contribution in [2.45, 2.75) is 95.2 Å². The SMILES string of the molecule is CC(C)C[C@@H](NC(=O)[C@@H](Cc1ccccc1)NC(=O)[C@H](N)Cc1ccccc1)C(=O)N[C@H](CCCCN)C(=O)N1CCCC(B(O)O)C1. The highest BCUT2D eigenvalue weighted by atomic mass is 16.4. The van der Waals surface area contributed by atoms with Gasteiger partial charge in [0, 0.05) is 25.3 Å². The quantitative estimate of drug-likeness (QED) is 0.0900. The lowest BCUT2D eigenvalue weighted by Crippen LogP contribution is -2.59. The van der Waals surface area contributed by atoms with Crippen LogP contribution in [0.3, 0.4) is 0 Å². The zero-order valence-corrected chi connectivity index (χ0v) is 28.2. The van der Waals surface area contributed by atoms with E-state index in [1.165, 1.54) is 0 Å². The fourth-order valence-corrected chi connectivity index (χ4v) is 5.97. The van der Waals surface area contributed by atoms with Gasteiger partial charge in [-0.25, -0.2) is 0 Å². The largest absolute Gasteiger partial charge is 0.456 e. The average molecular weight is 665 g/mol. The van der Waals surface area contributed by atoms with Gasteiger partial charge in [-0.05, 0) is 68.5 Å². The predicted octanol–water partition coefficient (Wildman–Crippen LogP) is 0.894. The van der Waals surface area contributed by atoms with E-state index in [9.17, 15) is 29.2 Å². The van der Waals surface area contributed by atoms with Crippen LogP contribution in [0.5, 0.6) is 0 Å². The highest BCUT2D eigenvalue weighted by molar-refractivity contribution is 6.43. The van der Waals surface area contributed by atoms with Crippen LogP contribution in [0, 0.1) is 5.92 Å². The fraction of sp³-hybridized carbons (Fsp3) is 0.543. The third kappa shape index (κ3) is 12.7. The van der Waals surface area contributed by atoms with E-state index in [2.05, 4.69) is 16.0 Å². The molecule has 262 valence electrons. The number of nitrogens with two attached hydrogens (primary N) is 2. The number of piperidine rings is 1. The van der Waals surface area contributed by atoms with E-state index < -0.39 is 54.8 Å². The van der Waals surface area contributed by atoms with Crippen LogP contribution in [0.15, 0.2) is 60.7 Å². The van der Waals surface area contributed by atoms with Crippen LogP contribution in [-0.4, -0.2) is 89.5 Å². The molecule has 1 aliphatic rings. The summed E-state index contributed by atoms with van der Waals surface area (Å²) in [5.41, 5.74) is 13.6. The molecule has 0 bridgehead atoms. The Balaban J connectivity index is 1.77. The molecule has 3 rings (SSSR count). The Kier molecular flexibility index (Phi) is 16.0. The summed E-state index contributed by atoms with van der Waals surface area (Å²) in [6.07, 6.45) is 3.58. The number of unbranched alkanes of at least 4 members (excludes halogenated alkanes) is 1. The Morgan fingerprint density at radius 3 is 1.98 bits per heavy atom. The van der Waals surface area contributed by atoms with Gasteiger partial charge in [-0.3, -0.25) is 19.2 Å². The number of likely N-dealkylation sites (tertiary alicyclic amines) is 1. The summed E-state index contributed by atoms with van der Waals surface area (Å²) < 4.78 is 0. The van der Waals surface area contributed by atoms with Gasteiger partial charge in [0.05, 0.1) is 6.04 Å². The third-order valence-corrected chi connectivity index (χ3v) is 8.64. The van der Waals surface area contributed by atoms with Crippen molar-refractivity contribution in [1.82, 2.24) is 20.9 Å². The second-order valence-corrected chi connectivity index (χ2v) is 13.2. The third-order valence-electron chi connectivity index (χ3n) is 8.64. The molecule has 0 radical (unpaired) electrons. The molecule has 1 heterocycles. The predicted molar refractivity (Wildman–Crippen MR) is 186 cm³/mol. The van der Waals surface area contributed by atoms with Crippen molar-refractivity contribution in [3.05, 3.63) is 71.8 Å². The maximum atomic E-state index is 13.9. The summed E-state index contributed by atoms with van der Waals surface area (Å²) in [4.78, 5) is 56.1. The number of nitrogens with zero attached hydrogens (tertiary/aromatic N) is 1. The zero-order chi connectivity index (χ0) is 35.1. The molecule has 5 atom stereocenters. The highest BCUT2D eigenvalue weighted by Crippen LogP contribution is 2.24. The number of hydrogen-bond donors (Lipinski definition) is 7. The van der Waals surface area contributed by atoms with Crippen LogP contribution < -0.4 is 27.4 Å². The van der Waals surface area contributed by atoms with E-state index in [4.69, 9.17) is 11.5 Å². The number of rotatable bonds is 18. The van der Waals surface area contributed by atoms with Crippen LogP contribution in [0.1, 0.15) is 63.5 Å². The first kappa shape index (κ1) is 38.7. The molecular weight excluding hydrogens is 611 g/mol. The Morgan fingerprint density at radius 2 is 1.40 bits per heavy atom. The molecule has 4 amide bonds. The smallest absolute Gasteiger partial charge is 0.427 e. The van der Waals surface area contributed by atoms with Gasteiger partial charge in [-0.15, -0.1) is 0 Å². The van der Waals surface area contributed by atoms with Crippen LogP contribution in [0.25, 0.3) is 0 Å². The summed E-state index contributed by atoms with van der Waals surface area (Å²) in [6.45, 7) is 4.92. The number of benzene rings is 2. The van der Waals surface area contributed by atoms with Crippen molar-refractivity contribution in [3.8, 4) is 0 Å². The normalized spacial score (nSPS) is 17.1. The number of carbonyl (C=O) groups is 4. The van der Waals surface area contributed by atoms with Gasteiger partial charge in [0.1, 0.15) is 18.1 Å². The second kappa shape index (κ2) is 19.9. The Labute approximate surface area is 284 Å². The molecule has 1 fully saturated rings. The summed E-state index contributed by atoms with van der Waals surface area (Å²) >= 11 is 0. The van der Waals surface area contributed by atoms with Crippen LogP contribution in [0.4, 0.5) is 0 Å². The van der Waals surface area contributed by atoms with Crippen LogP contribution >= 0.6 is 0 Å². The monoisotopic (exact) mass is 664 g/mol. The molecule has 0 spiro atoms. The molecule has 0 aliphatic carbocycles.